The molecule has 0 spiro atoms. The monoisotopic (exact) mass is 1240 g/mol. The third-order valence-electron chi connectivity index (χ3n) is 10.8. The van der Waals surface area contributed by atoms with Crippen molar-refractivity contribution < 1.29 is 66.1 Å². The smallest absolute Gasteiger partial charge is 0.217 e. The normalized spacial score (nSPS) is 13.7. The molecule has 8 N–H and O–H groups in total. The Morgan fingerprint density at radius 2 is 1.14 bits per heavy atom. The standard InChI is InChI=1S/C25H37N3O3.C24H35N3O2.C2H4.CH4.2W/c1-16(2)28-25(6,12-11-22(26)30)21(29)14-17(23(31)24(3,4)5)13-18-15-27-20-10-8-7-9-19(18)20;1-16(2)27-19(12-13-22(25)28)11-10-17(23(29)24(3,4)5)14-18-15-26-21-9-7-6-8-20(18)21;1-2;;;/h7-10,15-17,27-28H,11-14H2,1-6H3,(H2,26,30);6-11,15-17,19,26-27H,12-14H2,1-5H3,(H2,25,28);1-2H2;1H4;;/b;11-10+;;;;/t17?,25-;17?,19-;;;;/m01..../s1. The molecule has 65 heavy (non-hydrogen) atoms. The van der Waals surface area contributed by atoms with Crippen LogP contribution in [0.2, 0.25) is 0 Å². The number of aromatic amines is 2. The first-order valence-electron chi connectivity index (χ1n) is 21.9. The zero-order valence-electron chi connectivity index (χ0n) is 40.2. The molecule has 0 aliphatic carbocycles. The van der Waals surface area contributed by atoms with E-state index < -0.39 is 28.2 Å². The summed E-state index contributed by atoms with van der Waals surface area (Å²) < 4.78 is 0. The summed E-state index contributed by atoms with van der Waals surface area (Å²) in [5.74, 6) is -1.23. The molecule has 2 unspecified atom stereocenters. The summed E-state index contributed by atoms with van der Waals surface area (Å²) in [4.78, 5) is 69.1. The van der Waals surface area contributed by atoms with Crippen molar-refractivity contribution in [2.45, 2.75) is 152 Å². The number of hydrogen-bond acceptors (Lipinski definition) is 7. The summed E-state index contributed by atoms with van der Waals surface area (Å²) in [7, 11) is 0. The van der Waals surface area contributed by atoms with Gasteiger partial charge >= 0.3 is 0 Å². The summed E-state index contributed by atoms with van der Waals surface area (Å²) >= 11 is 0. The van der Waals surface area contributed by atoms with Gasteiger partial charge in [0.05, 0.1) is 5.54 Å². The fraction of sp³-hybridized carbons (Fsp3) is 0.519. The van der Waals surface area contributed by atoms with E-state index in [-0.39, 0.29) is 110 Å². The van der Waals surface area contributed by atoms with E-state index >= 15 is 0 Å². The van der Waals surface area contributed by atoms with Crippen molar-refractivity contribution in [2.75, 3.05) is 0 Å². The van der Waals surface area contributed by atoms with Crippen LogP contribution in [0.25, 0.3) is 21.8 Å². The van der Waals surface area contributed by atoms with E-state index in [1.165, 1.54) is 0 Å². The van der Waals surface area contributed by atoms with Gasteiger partial charge in [-0.25, -0.2) is 0 Å². The Bertz CT molecular complexity index is 2130. The van der Waals surface area contributed by atoms with Gasteiger partial charge in [-0.2, -0.15) is 0 Å². The summed E-state index contributed by atoms with van der Waals surface area (Å²) in [6.45, 7) is 27.4. The van der Waals surface area contributed by atoms with Crippen molar-refractivity contribution in [1.82, 2.24) is 20.6 Å². The number of hydrogen-bond donors (Lipinski definition) is 6. The Morgan fingerprint density at radius 3 is 1.57 bits per heavy atom. The molecule has 0 aliphatic rings. The molecule has 2 aromatic heterocycles. The van der Waals surface area contributed by atoms with E-state index in [9.17, 15) is 24.0 Å². The Balaban J connectivity index is 0. The second-order valence-electron chi connectivity index (χ2n) is 19.2. The number of benzene rings is 2. The Morgan fingerprint density at radius 1 is 0.677 bits per heavy atom. The van der Waals surface area contributed by atoms with Crippen LogP contribution in [-0.4, -0.2) is 62.8 Å². The Hall–Kier alpha value is -3.75. The molecule has 4 rings (SSSR count). The third kappa shape index (κ3) is 20.8. The molecule has 2 heterocycles. The van der Waals surface area contributed by atoms with E-state index in [4.69, 9.17) is 11.5 Å². The van der Waals surface area contributed by atoms with Gasteiger partial charge < -0.3 is 32.1 Å². The average Bonchev–Trinajstić information content (AvgIpc) is 3.80. The first-order chi connectivity index (χ1) is 28.9. The fourth-order valence-electron chi connectivity index (χ4n) is 7.76. The molecular weight excluding hydrogens is 1160 g/mol. The number of carbonyl (C=O) groups excluding carboxylic acids is 5. The van der Waals surface area contributed by atoms with Crippen molar-refractivity contribution in [2.24, 2.45) is 34.1 Å². The molecule has 11 nitrogen and oxygen atoms in total. The predicted molar refractivity (Wildman–Crippen MR) is 262 cm³/mol. The quantitative estimate of drug-likeness (QED) is 0.0448. The van der Waals surface area contributed by atoms with Gasteiger partial charge in [-0.3, -0.25) is 24.0 Å². The molecule has 2 amide bonds. The van der Waals surface area contributed by atoms with Gasteiger partial charge in [0.1, 0.15) is 11.6 Å². The summed E-state index contributed by atoms with van der Waals surface area (Å²) in [5, 5.41) is 8.97. The number of carbonyl (C=O) groups is 5. The first kappa shape index (κ1) is 63.3. The van der Waals surface area contributed by atoms with Crippen molar-refractivity contribution in [3.05, 3.63) is 97.4 Å². The van der Waals surface area contributed by atoms with Crippen molar-refractivity contribution >= 4 is 51.0 Å². The molecule has 4 atom stereocenters. The van der Waals surface area contributed by atoms with Gasteiger partial charge in [0.15, 0.2) is 5.78 Å². The number of allylic oxidation sites excluding steroid dienone is 1. The zero-order valence-corrected chi connectivity index (χ0v) is 46.1. The number of amides is 2. The number of rotatable bonds is 21. The minimum atomic E-state index is -0.917. The molecule has 0 radical (unpaired) electrons. The second kappa shape index (κ2) is 29.1. The van der Waals surface area contributed by atoms with E-state index in [1.54, 1.807) is 0 Å². The van der Waals surface area contributed by atoms with Gasteiger partial charge in [-0.05, 0) is 69.7 Å². The number of H-pyrrole nitrogens is 2. The van der Waals surface area contributed by atoms with Crippen molar-refractivity contribution in [3.63, 3.8) is 0 Å². The number of ketones is 3. The molecule has 2 aromatic carbocycles. The summed E-state index contributed by atoms with van der Waals surface area (Å²) in [6.07, 6.45) is 10.6. The molecular formula is C52H80N6O5W2. The van der Waals surface area contributed by atoms with Crippen LogP contribution < -0.4 is 22.1 Å². The average molecular weight is 1240 g/mol. The Labute approximate surface area is 418 Å². The minimum Gasteiger partial charge on any atom is -0.370 e. The second-order valence-corrected chi connectivity index (χ2v) is 19.2. The summed E-state index contributed by atoms with van der Waals surface area (Å²) in [5.41, 5.74) is 13.0. The van der Waals surface area contributed by atoms with Gasteiger partial charge in [0, 0.05) is 136 Å². The van der Waals surface area contributed by atoms with Crippen LogP contribution in [0.5, 0.6) is 0 Å². The SMILES string of the molecule is C.C=C.CC(C)N[C@@](C)(CCC(N)=O)C(=O)CC(Cc1c[nH]c2ccccc12)C(=O)C(C)(C)C.CC(C)N[C@H](/C=C/C(Cc1c[nH]c2ccccc12)C(=O)C(C)(C)C)CCC(N)=O.[W].[W]. The van der Waals surface area contributed by atoms with Crippen LogP contribution in [0, 0.1) is 22.7 Å². The number of Topliss-reactive ketones (excluding diaryl/α,β-unsaturated/α-hetero) is 3. The van der Waals surface area contributed by atoms with Crippen LogP contribution in [0.4, 0.5) is 0 Å². The number of nitrogens with two attached hydrogens (primary N) is 2. The molecule has 0 saturated carbocycles. The maximum atomic E-state index is 13.5. The molecule has 360 valence electrons. The molecule has 13 heteroatoms. The molecule has 4 aromatic rings. The first-order valence-corrected chi connectivity index (χ1v) is 21.9. The van der Waals surface area contributed by atoms with Crippen molar-refractivity contribution in [3.8, 4) is 0 Å². The number of primary amides is 2. The Kier molecular flexibility index (Phi) is 28.4. The molecule has 0 bridgehead atoms. The van der Waals surface area contributed by atoms with Crippen LogP contribution in [0.1, 0.15) is 127 Å². The van der Waals surface area contributed by atoms with Crippen LogP contribution >= 0.6 is 0 Å². The zero-order chi connectivity index (χ0) is 47.0. The van der Waals surface area contributed by atoms with E-state index in [0.717, 1.165) is 32.9 Å². The topological polar surface area (TPSA) is 193 Å². The number of aromatic nitrogens is 2. The molecule has 0 aliphatic heterocycles. The van der Waals surface area contributed by atoms with E-state index in [1.807, 2.05) is 129 Å². The maximum Gasteiger partial charge on any atom is 0.217 e. The van der Waals surface area contributed by atoms with E-state index in [2.05, 4.69) is 53.7 Å². The maximum absolute atomic E-state index is 13.5. The van der Waals surface area contributed by atoms with E-state index in [0.29, 0.717) is 32.1 Å². The number of fused-ring (bicyclic) bond motifs is 2. The number of para-hydroxylation sites is 2. The van der Waals surface area contributed by atoms with Gasteiger partial charge in [0.2, 0.25) is 11.8 Å². The van der Waals surface area contributed by atoms with Crippen LogP contribution in [0.3, 0.4) is 0 Å². The molecule has 0 saturated heterocycles. The van der Waals surface area contributed by atoms with Crippen molar-refractivity contribution in [1.29, 1.82) is 0 Å². The minimum absolute atomic E-state index is 0. The van der Waals surface area contributed by atoms with Crippen LogP contribution in [-0.2, 0) is 78.9 Å². The largest absolute Gasteiger partial charge is 0.370 e. The summed E-state index contributed by atoms with van der Waals surface area (Å²) in [6, 6.07) is 16.4. The predicted octanol–water partition coefficient (Wildman–Crippen LogP) is 9.49. The van der Waals surface area contributed by atoms with Crippen LogP contribution in [0.15, 0.2) is 86.2 Å². The molecule has 0 fully saturated rings. The fourth-order valence-corrected chi connectivity index (χ4v) is 7.76. The van der Waals surface area contributed by atoms with Gasteiger partial charge in [-0.1, -0.05) is 111 Å². The van der Waals surface area contributed by atoms with Gasteiger partial charge in [-0.15, -0.1) is 13.2 Å². The van der Waals surface area contributed by atoms with Gasteiger partial charge in [0.25, 0.3) is 0 Å². The third-order valence-corrected chi connectivity index (χ3v) is 10.8. The number of nitrogens with one attached hydrogen (secondary N) is 4.